The van der Waals surface area contributed by atoms with E-state index in [1.807, 2.05) is 43.0 Å². The predicted octanol–water partition coefficient (Wildman–Crippen LogP) is 2.55. The number of nitrogens with zero attached hydrogens (tertiary/aromatic N) is 3. The Hall–Kier alpha value is -2.47. The molecule has 6 heteroatoms. The van der Waals surface area contributed by atoms with Crippen LogP contribution in [0.5, 0.6) is 5.75 Å². The zero-order valence-corrected chi connectivity index (χ0v) is 15.1. The average Bonchev–Trinajstić information content (AvgIpc) is 3.21. The number of aromatic nitrogens is 2. The van der Waals surface area contributed by atoms with Gasteiger partial charge in [0.15, 0.2) is 0 Å². The molecule has 4 rings (SSSR count). The second-order valence-electron chi connectivity index (χ2n) is 7.24. The van der Waals surface area contributed by atoms with E-state index in [1.54, 1.807) is 12.4 Å². The standard InChI is InChI=1S/C20H23N3O3/c1-14-8-16(9-15(2)22-14)19(24)23-7-5-20(13-23)10-18(12-25-20)26-17-4-3-6-21-11-17/h3-4,6,8-9,11,18H,5,7,10,12-13H2,1-2H3/t18-,20+/m1/s1. The van der Waals surface area contributed by atoms with Crippen molar-refractivity contribution in [3.8, 4) is 5.75 Å². The summed E-state index contributed by atoms with van der Waals surface area (Å²) in [5.74, 6) is 0.808. The van der Waals surface area contributed by atoms with E-state index in [0.717, 1.165) is 30.0 Å². The summed E-state index contributed by atoms with van der Waals surface area (Å²) in [4.78, 5) is 23.2. The van der Waals surface area contributed by atoms with Crippen LogP contribution >= 0.6 is 0 Å². The Morgan fingerprint density at radius 1 is 1.35 bits per heavy atom. The maximum absolute atomic E-state index is 12.9. The molecule has 2 aromatic heterocycles. The highest BCUT2D eigenvalue weighted by Gasteiger charge is 2.47. The van der Waals surface area contributed by atoms with E-state index in [9.17, 15) is 4.79 Å². The first-order valence-electron chi connectivity index (χ1n) is 8.98. The second kappa shape index (κ2) is 6.68. The molecule has 0 aliphatic carbocycles. The van der Waals surface area contributed by atoms with Crippen molar-refractivity contribution in [2.75, 3.05) is 19.7 Å². The van der Waals surface area contributed by atoms with Gasteiger partial charge in [-0.3, -0.25) is 14.8 Å². The molecule has 2 fully saturated rings. The van der Waals surface area contributed by atoms with Crippen molar-refractivity contribution in [1.29, 1.82) is 0 Å². The molecule has 0 bridgehead atoms. The van der Waals surface area contributed by atoms with Crippen molar-refractivity contribution >= 4 is 5.91 Å². The van der Waals surface area contributed by atoms with Gasteiger partial charge in [-0.25, -0.2) is 0 Å². The maximum atomic E-state index is 12.9. The van der Waals surface area contributed by atoms with Crippen molar-refractivity contribution in [2.45, 2.75) is 38.4 Å². The van der Waals surface area contributed by atoms with Gasteiger partial charge in [-0.1, -0.05) is 0 Å². The maximum Gasteiger partial charge on any atom is 0.254 e. The molecule has 2 aliphatic heterocycles. The minimum absolute atomic E-state index is 0.000309. The van der Waals surface area contributed by atoms with Crippen LogP contribution in [0.2, 0.25) is 0 Å². The largest absolute Gasteiger partial charge is 0.486 e. The topological polar surface area (TPSA) is 64.6 Å². The summed E-state index contributed by atoms with van der Waals surface area (Å²) in [6, 6.07) is 7.46. The Balaban J connectivity index is 1.41. The van der Waals surface area contributed by atoms with E-state index in [-0.39, 0.29) is 17.6 Å². The first-order valence-corrected chi connectivity index (χ1v) is 8.98. The van der Waals surface area contributed by atoms with Gasteiger partial charge in [0, 0.05) is 36.1 Å². The number of ether oxygens (including phenoxy) is 2. The van der Waals surface area contributed by atoms with E-state index in [1.165, 1.54) is 0 Å². The highest BCUT2D eigenvalue weighted by Crippen LogP contribution is 2.37. The number of hydrogen-bond donors (Lipinski definition) is 0. The molecule has 2 saturated heterocycles. The summed E-state index contributed by atoms with van der Waals surface area (Å²) in [6.07, 6.45) is 5.07. The van der Waals surface area contributed by atoms with Gasteiger partial charge in [0.2, 0.25) is 0 Å². The number of pyridine rings is 2. The third-order valence-electron chi connectivity index (χ3n) is 5.04. The van der Waals surface area contributed by atoms with Crippen LogP contribution < -0.4 is 4.74 Å². The molecule has 2 aliphatic rings. The molecule has 0 unspecified atom stereocenters. The molecule has 1 spiro atoms. The fourth-order valence-electron chi connectivity index (χ4n) is 3.93. The van der Waals surface area contributed by atoms with Crippen LogP contribution in [-0.4, -0.2) is 52.2 Å². The van der Waals surface area contributed by atoms with Gasteiger partial charge in [0.1, 0.15) is 11.9 Å². The molecule has 0 N–H and O–H groups in total. The van der Waals surface area contributed by atoms with Crippen molar-refractivity contribution in [3.63, 3.8) is 0 Å². The smallest absolute Gasteiger partial charge is 0.254 e. The molecule has 2 aromatic rings. The van der Waals surface area contributed by atoms with Gasteiger partial charge in [-0.2, -0.15) is 0 Å². The molecule has 4 heterocycles. The van der Waals surface area contributed by atoms with E-state index < -0.39 is 0 Å². The molecular weight excluding hydrogens is 330 g/mol. The van der Waals surface area contributed by atoms with Gasteiger partial charge in [-0.15, -0.1) is 0 Å². The summed E-state index contributed by atoms with van der Waals surface area (Å²) in [5.41, 5.74) is 2.14. The lowest BCUT2D eigenvalue weighted by Crippen LogP contribution is -2.36. The lowest BCUT2D eigenvalue weighted by molar-refractivity contribution is 0.00995. The number of likely N-dealkylation sites (tertiary alicyclic amines) is 1. The van der Waals surface area contributed by atoms with Crippen LogP contribution in [0.4, 0.5) is 0 Å². The van der Waals surface area contributed by atoms with Crippen LogP contribution in [-0.2, 0) is 4.74 Å². The average molecular weight is 353 g/mol. The molecule has 0 radical (unpaired) electrons. The minimum Gasteiger partial charge on any atom is -0.486 e. The molecule has 6 nitrogen and oxygen atoms in total. The summed E-state index contributed by atoms with van der Waals surface area (Å²) >= 11 is 0. The Morgan fingerprint density at radius 3 is 2.88 bits per heavy atom. The third-order valence-corrected chi connectivity index (χ3v) is 5.04. The summed E-state index contributed by atoms with van der Waals surface area (Å²) in [7, 11) is 0. The van der Waals surface area contributed by atoms with Gasteiger partial charge >= 0.3 is 0 Å². The zero-order valence-electron chi connectivity index (χ0n) is 15.1. The molecule has 26 heavy (non-hydrogen) atoms. The summed E-state index contributed by atoms with van der Waals surface area (Å²) in [5, 5.41) is 0. The summed E-state index contributed by atoms with van der Waals surface area (Å²) in [6.45, 7) is 5.69. The first kappa shape index (κ1) is 17.0. The SMILES string of the molecule is Cc1cc(C(=O)N2CC[C@]3(C[C@@H](Oc4cccnc4)CO3)C2)cc(C)n1. The Bertz CT molecular complexity index is 791. The lowest BCUT2D eigenvalue weighted by Gasteiger charge is -2.23. The van der Waals surface area contributed by atoms with Gasteiger partial charge in [0.25, 0.3) is 5.91 Å². The number of aryl methyl sites for hydroxylation is 2. The number of hydrogen-bond acceptors (Lipinski definition) is 5. The fraction of sp³-hybridized carbons (Fsp3) is 0.450. The highest BCUT2D eigenvalue weighted by atomic mass is 16.6. The van der Waals surface area contributed by atoms with Crippen LogP contribution in [0.15, 0.2) is 36.7 Å². The number of carbonyl (C=O) groups excluding carboxylic acids is 1. The number of amides is 1. The van der Waals surface area contributed by atoms with Gasteiger partial charge in [-0.05, 0) is 44.5 Å². The Labute approximate surface area is 153 Å². The van der Waals surface area contributed by atoms with E-state index in [0.29, 0.717) is 25.3 Å². The van der Waals surface area contributed by atoms with Crippen molar-refractivity contribution in [1.82, 2.24) is 14.9 Å². The van der Waals surface area contributed by atoms with E-state index >= 15 is 0 Å². The number of carbonyl (C=O) groups is 1. The highest BCUT2D eigenvalue weighted by molar-refractivity contribution is 5.94. The third kappa shape index (κ3) is 3.42. The molecule has 0 aromatic carbocycles. The van der Waals surface area contributed by atoms with Crippen molar-refractivity contribution in [2.24, 2.45) is 0 Å². The minimum atomic E-state index is -0.292. The van der Waals surface area contributed by atoms with Crippen LogP contribution in [0.1, 0.15) is 34.6 Å². The van der Waals surface area contributed by atoms with Crippen LogP contribution in [0.25, 0.3) is 0 Å². The quantitative estimate of drug-likeness (QED) is 0.848. The monoisotopic (exact) mass is 353 g/mol. The molecule has 2 atom stereocenters. The van der Waals surface area contributed by atoms with Crippen molar-refractivity contribution < 1.29 is 14.3 Å². The number of rotatable bonds is 3. The molecular formula is C20H23N3O3. The normalized spacial score (nSPS) is 25.0. The zero-order chi connectivity index (χ0) is 18.1. The summed E-state index contributed by atoms with van der Waals surface area (Å²) < 4.78 is 12.1. The van der Waals surface area contributed by atoms with Crippen LogP contribution in [0.3, 0.4) is 0 Å². The second-order valence-corrected chi connectivity index (χ2v) is 7.24. The predicted molar refractivity (Wildman–Crippen MR) is 96.2 cm³/mol. The van der Waals surface area contributed by atoms with Crippen molar-refractivity contribution in [3.05, 3.63) is 53.6 Å². The lowest BCUT2D eigenvalue weighted by atomic mass is 9.98. The first-order chi connectivity index (χ1) is 12.5. The van der Waals surface area contributed by atoms with E-state index in [2.05, 4.69) is 9.97 Å². The Kier molecular flexibility index (Phi) is 4.36. The molecule has 0 saturated carbocycles. The van der Waals surface area contributed by atoms with E-state index in [4.69, 9.17) is 9.47 Å². The molecule has 1 amide bonds. The fourth-order valence-corrected chi connectivity index (χ4v) is 3.93. The Morgan fingerprint density at radius 2 is 2.15 bits per heavy atom. The van der Waals surface area contributed by atoms with Gasteiger partial charge in [0.05, 0.1) is 24.9 Å². The van der Waals surface area contributed by atoms with Crippen LogP contribution in [0, 0.1) is 13.8 Å². The van der Waals surface area contributed by atoms with Gasteiger partial charge < -0.3 is 14.4 Å². The molecule has 136 valence electrons.